The van der Waals surface area contributed by atoms with Crippen LogP contribution in [0.3, 0.4) is 0 Å². The van der Waals surface area contributed by atoms with Gasteiger partial charge >= 0.3 is 0 Å². The van der Waals surface area contributed by atoms with E-state index in [0.717, 1.165) is 0 Å². The predicted octanol–water partition coefficient (Wildman–Crippen LogP) is 3.62. The van der Waals surface area contributed by atoms with Crippen LogP contribution in [0.5, 0.6) is 0 Å². The lowest BCUT2D eigenvalue weighted by atomic mass is 9.90. The molecule has 1 aliphatic rings. The number of unbranched alkanes of at least 4 members (excludes halogenated alkanes) is 2. The van der Waals surface area contributed by atoms with Crippen LogP contribution >= 0.6 is 0 Å². The van der Waals surface area contributed by atoms with Crippen LogP contribution in [-0.4, -0.2) is 6.04 Å². The second-order valence-corrected chi connectivity index (χ2v) is 5.00. The Balaban J connectivity index is 1.96. The molecule has 0 aromatic heterocycles. The van der Waals surface area contributed by atoms with Crippen LogP contribution < -0.4 is 5.73 Å². The number of fused-ring (bicyclic) bond motifs is 1. The highest BCUT2D eigenvalue weighted by Gasteiger charge is 2.26. The third-order valence-corrected chi connectivity index (χ3v) is 3.84. The average Bonchev–Trinajstić information content (AvgIpc) is 2.73. The standard InChI is InChI=1S/C15H23N/c1-2-3-4-9-15(16)14-11-10-12-7-5-6-8-13(12)14/h5-8,14-15H,2-4,9-11,16H2,1H3. The second kappa shape index (κ2) is 5.49. The molecule has 88 valence electrons. The summed E-state index contributed by atoms with van der Waals surface area (Å²) in [7, 11) is 0. The summed E-state index contributed by atoms with van der Waals surface area (Å²) in [5, 5.41) is 0. The maximum atomic E-state index is 6.33. The smallest absolute Gasteiger partial charge is 0.0108 e. The molecule has 2 unspecified atom stereocenters. The molecule has 0 saturated carbocycles. The lowest BCUT2D eigenvalue weighted by molar-refractivity contribution is 0.473. The third-order valence-electron chi connectivity index (χ3n) is 3.84. The van der Waals surface area contributed by atoms with Crippen molar-refractivity contribution >= 4 is 0 Å². The normalized spacial score (nSPS) is 20.8. The Bertz CT molecular complexity index is 332. The van der Waals surface area contributed by atoms with E-state index in [1.165, 1.54) is 49.7 Å². The summed E-state index contributed by atoms with van der Waals surface area (Å²) in [5.41, 5.74) is 9.38. The van der Waals surface area contributed by atoms with E-state index in [1.807, 2.05) is 0 Å². The summed E-state index contributed by atoms with van der Waals surface area (Å²) in [6.45, 7) is 2.25. The van der Waals surface area contributed by atoms with Crippen molar-refractivity contribution < 1.29 is 0 Å². The maximum absolute atomic E-state index is 6.33. The monoisotopic (exact) mass is 217 g/mol. The molecular formula is C15H23N. The van der Waals surface area contributed by atoms with Crippen LogP contribution in [0.4, 0.5) is 0 Å². The van der Waals surface area contributed by atoms with Gasteiger partial charge < -0.3 is 5.73 Å². The van der Waals surface area contributed by atoms with Gasteiger partial charge in [-0.15, -0.1) is 0 Å². The number of aryl methyl sites for hydroxylation is 1. The zero-order chi connectivity index (χ0) is 11.4. The molecule has 0 aliphatic heterocycles. The van der Waals surface area contributed by atoms with Crippen LogP contribution in [0.1, 0.15) is 56.1 Å². The van der Waals surface area contributed by atoms with Gasteiger partial charge in [-0.25, -0.2) is 0 Å². The Morgan fingerprint density at radius 3 is 2.94 bits per heavy atom. The predicted molar refractivity (Wildman–Crippen MR) is 69.6 cm³/mol. The summed E-state index contributed by atoms with van der Waals surface area (Å²) in [5.74, 6) is 0.619. The van der Waals surface area contributed by atoms with Gasteiger partial charge in [-0.3, -0.25) is 0 Å². The maximum Gasteiger partial charge on any atom is 0.0108 e. The fourth-order valence-corrected chi connectivity index (χ4v) is 2.87. The molecule has 2 N–H and O–H groups in total. The zero-order valence-corrected chi connectivity index (χ0v) is 10.3. The SMILES string of the molecule is CCCCCC(N)C1CCc2ccccc21. The van der Waals surface area contributed by atoms with Crippen molar-refractivity contribution in [2.24, 2.45) is 5.73 Å². The molecule has 0 spiro atoms. The molecular weight excluding hydrogens is 194 g/mol. The van der Waals surface area contributed by atoms with Gasteiger partial charge in [-0.05, 0) is 36.3 Å². The molecule has 0 fully saturated rings. The van der Waals surface area contributed by atoms with Gasteiger partial charge in [-0.1, -0.05) is 50.5 Å². The summed E-state index contributed by atoms with van der Waals surface area (Å²) >= 11 is 0. The third kappa shape index (κ3) is 2.46. The summed E-state index contributed by atoms with van der Waals surface area (Å²) in [6.07, 6.45) is 7.56. The first-order chi connectivity index (χ1) is 7.83. The first-order valence-electron chi connectivity index (χ1n) is 6.66. The largest absolute Gasteiger partial charge is 0.327 e. The highest BCUT2D eigenvalue weighted by Crippen LogP contribution is 2.35. The fourth-order valence-electron chi connectivity index (χ4n) is 2.87. The number of rotatable bonds is 5. The highest BCUT2D eigenvalue weighted by atomic mass is 14.7. The van der Waals surface area contributed by atoms with Gasteiger partial charge in [0.1, 0.15) is 0 Å². The van der Waals surface area contributed by atoms with Crippen LogP contribution in [0.2, 0.25) is 0 Å². The molecule has 1 nitrogen and oxygen atoms in total. The number of hydrogen-bond donors (Lipinski definition) is 1. The number of benzene rings is 1. The molecule has 16 heavy (non-hydrogen) atoms. The van der Waals surface area contributed by atoms with E-state index in [4.69, 9.17) is 5.73 Å². The fraction of sp³-hybridized carbons (Fsp3) is 0.600. The quantitative estimate of drug-likeness (QED) is 0.749. The van der Waals surface area contributed by atoms with Gasteiger partial charge in [0, 0.05) is 6.04 Å². The van der Waals surface area contributed by atoms with Crippen molar-refractivity contribution in [1.82, 2.24) is 0 Å². The molecule has 2 atom stereocenters. The first-order valence-corrected chi connectivity index (χ1v) is 6.66. The highest BCUT2D eigenvalue weighted by molar-refractivity contribution is 5.35. The number of nitrogens with two attached hydrogens (primary N) is 1. The van der Waals surface area contributed by atoms with Crippen molar-refractivity contribution in [2.75, 3.05) is 0 Å². The Morgan fingerprint density at radius 2 is 2.12 bits per heavy atom. The van der Waals surface area contributed by atoms with Gasteiger partial charge in [0.15, 0.2) is 0 Å². The lowest BCUT2D eigenvalue weighted by Gasteiger charge is -2.20. The van der Waals surface area contributed by atoms with E-state index in [0.29, 0.717) is 12.0 Å². The molecule has 0 heterocycles. The lowest BCUT2D eigenvalue weighted by Crippen LogP contribution is -2.27. The van der Waals surface area contributed by atoms with Crippen molar-refractivity contribution in [3.8, 4) is 0 Å². The molecule has 0 saturated heterocycles. The Hall–Kier alpha value is -0.820. The minimum Gasteiger partial charge on any atom is -0.327 e. The van der Waals surface area contributed by atoms with Gasteiger partial charge in [-0.2, -0.15) is 0 Å². The van der Waals surface area contributed by atoms with Crippen molar-refractivity contribution in [3.63, 3.8) is 0 Å². The molecule has 1 aliphatic carbocycles. The molecule has 0 bridgehead atoms. The summed E-state index contributed by atoms with van der Waals surface area (Å²) < 4.78 is 0. The van der Waals surface area contributed by atoms with Crippen LogP contribution in [0.15, 0.2) is 24.3 Å². The van der Waals surface area contributed by atoms with E-state index in [1.54, 1.807) is 0 Å². The van der Waals surface area contributed by atoms with E-state index >= 15 is 0 Å². The van der Waals surface area contributed by atoms with Crippen LogP contribution in [-0.2, 0) is 6.42 Å². The summed E-state index contributed by atoms with van der Waals surface area (Å²) in [6, 6.07) is 9.19. The molecule has 1 heteroatoms. The minimum absolute atomic E-state index is 0.371. The molecule has 1 aromatic rings. The van der Waals surface area contributed by atoms with Crippen molar-refractivity contribution in [2.45, 2.75) is 57.4 Å². The van der Waals surface area contributed by atoms with E-state index in [-0.39, 0.29) is 0 Å². The van der Waals surface area contributed by atoms with E-state index < -0.39 is 0 Å². The van der Waals surface area contributed by atoms with Gasteiger partial charge in [0.25, 0.3) is 0 Å². The first kappa shape index (κ1) is 11.7. The second-order valence-electron chi connectivity index (χ2n) is 5.00. The molecule has 0 amide bonds. The van der Waals surface area contributed by atoms with Gasteiger partial charge in [0.05, 0.1) is 0 Å². The molecule has 0 radical (unpaired) electrons. The van der Waals surface area contributed by atoms with E-state index in [9.17, 15) is 0 Å². The van der Waals surface area contributed by atoms with Crippen LogP contribution in [0.25, 0.3) is 0 Å². The zero-order valence-electron chi connectivity index (χ0n) is 10.3. The van der Waals surface area contributed by atoms with Gasteiger partial charge in [0.2, 0.25) is 0 Å². The molecule has 2 rings (SSSR count). The summed E-state index contributed by atoms with van der Waals surface area (Å²) in [4.78, 5) is 0. The van der Waals surface area contributed by atoms with Crippen LogP contribution in [0, 0.1) is 0 Å². The van der Waals surface area contributed by atoms with E-state index in [2.05, 4.69) is 31.2 Å². The topological polar surface area (TPSA) is 26.0 Å². The van der Waals surface area contributed by atoms with Crippen molar-refractivity contribution in [3.05, 3.63) is 35.4 Å². The minimum atomic E-state index is 0.371. The Labute approximate surface area is 99.0 Å². The average molecular weight is 217 g/mol. The Kier molecular flexibility index (Phi) is 4.00. The Morgan fingerprint density at radius 1 is 1.31 bits per heavy atom. The number of hydrogen-bond acceptors (Lipinski definition) is 1. The van der Waals surface area contributed by atoms with Crippen molar-refractivity contribution in [1.29, 1.82) is 0 Å². The molecule has 1 aromatic carbocycles.